The van der Waals surface area contributed by atoms with E-state index < -0.39 is 17.6 Å². The molecule has 0 aromatic carbocycles. The van der Waals surface area contributed by atoms with E-state index in [1.807, 2.05) is 0 Å². The van der Waals surface area contributed by atoms with Gasteiger partial charge in [-0.3, -0.25) is 10.1 Å². The summed E-state index contributed by atoms with van der Waals surface area (Å²) in [6.07, 6.45) is 8.36. The first-order valence-corrected chi connectivity index (χ1v) is 11.1. The Balaban J connectivity index is 1.53. The zero-order valence-electron chi connectivity index (χ0n) is 18.9. The molecule has 12 nitrogen and oxygen atoms in total. The van der Waals surface area contributed by atoms with E-state index >= 15 is 0 Å². The number of nitrogens with zero attached hydrogens (tertiary/aromatic N) is 5. The van der Waals surface area contributed by atoms with Crippen molar-refractivity contribution in [3.63, 3.8) is 0 Å². The normalized spacial score (nSPS) is 13.1. The number of carbonyl (C=O) groups is 2. The van der Waals surface area contributed by atoms with E-state index in [2.05, 4.69) is 40.9 Å². The van der Waals surface area contributed by atoms with Crippen LogP contribution in [0.1, 0.15) is 48.7 Å². The van der Waals surface area contributed by atoms with E-state index in [9.17, 15) is 14.7 Å². The third kappa shape index (κ3) is 6.80. The van der Waals surface area contributed by atoms with Gasteiger partial charge in [-0.25, -0.2) is 29.7 Å². The van der Waals surface area contributed by atoms with Gasteiger partial charge in [0.25, 0.3) is 11.8 Å². The summed E-state index contributed by atoms with van der Waals surface area (Å²) in [5.74, 6) is -0.148. The number of ether oxygens (including phenoxy) is 1. The predicted molar refractivity (Wildman–Crippen MR) is 127 cm³/mol. The van der Waals surface area contributed by atoms with Gasteiger partial charge in [0.1, 0.15) is 11.5 Å². The maximum atomic E-state index is 12.8. The van der Waals surface area contributed by atoms with Crippen LogP contribution < -0.4 is 20.7 Å². The van der Waals surface area contributed by atoms with Crippen LogP contribution in [0, 0.1) is 0 Å². The molecule has 3 heterocycles. The minimum absolute atomic E-state index is 0.0164. The van der Waals surface area contributed by atoms with Crippen LogP contribution in [0.3, 0.4) is 0 Å². The van der Waals surface area contributed by atoms with Crippen molar-refractivity contribution >= 4 is 40.8 Å². The van der Waals surface area contributed by atoms with Crippen LogP contribution in [0.15, 0.2) is 37.2 Å². The van der Waals surface area contributed by atoms with Gasteiger partial charge in [-0.05, 0) is 32.8 Å². The first-order chi connectivity index (χ1) is 16.7. The molecule has 3 aromatic rings. The number of hydrogen-bond acceptors (Lipinski definition) is 10. The number of hydrogen-bond donors (Lipinski definition) is 4. The molecular weight excluding hydrogens is 476 g/mol. The third-order valence-electron chi connectivity index (χ3n) is 4.80. The molecule has 13 heteroatoms. The first kappa shape index (κ1) is 24.2. The van der Waals surface area contributed by atoms with Gasteiger partial charge in [-0.1, -0.05) is 11.6 Å². The van der Waals surface area contributed by atoms with Crippen LogP contribution >= 0.6 is 11.6 Å². The second-order valence-electron chi connectivity index (χ2n) is 8.54. The zero-order valence-corrected chi connectivity index (χ0v) is 19.7. The van der Waals surface area contributed by atoms with Gasteiger partial charge in [-0.2, -0.15) is 0 Å². The summed E-state index contributed by atoms with van der Waals surface area (Å²) in [6, 6.07) is 1.30. The van der Waals surface area contributed by atoms with Crippen molar-refractivity contribution in [2.75, 3.05) is 17.2 Å². The highest BCUT2D eigenvalue weighted by molar-refractivity contribution is 6.30. The second kappa shape index (κ2) is 10.2. The Morgan fingerprint density at radius 1 is 1.17 bits per heavy atom. The van der Waals surface area contributed by atoms with Gasteiger partial charge in [0, 0.05) is 12.5 Å². The van der Waals surface area contributed by atoms with Crippen molar-refractivity contribution in [2.45, 2.75) is 38.2 Å². The highest BCUT2D eigenvalue weighted by Crippen LogP contribution is 2.40. The summed E-state index contributed by atoms with van der Waals surface area (Å²) in [7, 11) is 0. The van der Waals surface area contributed by atoms with Gasteiger partial charge in [0.15, 0.2) is 5.82 Å². The molecule has 1 saturated carbocycles. The smallest absolute Gasteiger partial charge is 0.389 e. The van der Waals surface area contributed by atoms with Crippen molar-refractivity contribution < 1.29 is 19.4 Å². The maximum absolute atomic E-state index is 12.8. The predicted octanol–water partition coefficient (Wildman–Crippen LogP) is 3.05. The summed E-state index contributed by atoms with van der Waals surface area (Å²) in [4.78, 5) is 46.0. The Labute approximate surface area is 205 Å². The van der Waals surface area contributed by atoms with Crippen molar-refractivity contribution in [2.24, 2.45) is 0 Å². The fourth-order valence-electron chi connectivity index (χ4n) is 2.95. The van der Waals surface area contributed by atoms with Crippen LogP contribution in [0.25, 0.3) is 0 Å². The molecule has 0 spiro atoms. The van der Waals surface area contributed by atoms with Crippen molar-refractivity contribution in [3.8, 4) is 5.88 Å². The summed E-state index contributed by atoms with van der Waals surface area (Å²) in [5, 5.41) is 18.0. The first-order valence-electron chi connectivity index (χ1n) is 10.7. The molecule has 182 valence electrons. The molecule has 1 aliphatic rings. The van der Waals surface area contributed by atoms with Gasteiger partial charge in [-0.15, -0.1) is 0 Å². The van der Waals surface area contributed by atoms with E-state index in [0.29, 0.717) is 11.4 Å². The molecule has 2 amide bonds. The van der Waals surface area contributed by atoms with Gasteiger partial charge >= 0.3 is 6.09 Å². The standard InChI is InChI=1S/C22H23ClN8O4/c1-22(2,34)10-28-19(32)14-5-17(23)26-9-16(14)31-21(33)35-20-18(29-13-6-24-11-25-7-13)27-8-15(30-20)12-3-4-12/h5-9,11-12,34H,3-4,10H2,1-2H3,(H,27,29)(H,28,32)(H,31,33). The molecular formula is C22H23ClN8O4. The molecule has 0 bridgehead atoms. The highest BCUT2D eigenvalue weighted by atomic mass is 35.5. The average molecular weight is 499 g/mol. The van der Waals surface area contributed by atoms with Gasteiger partial charge in [0.2, 0.25) is 0 Å². The van der Waals surface area contributed by atoms with Crippen LogP contribution in [0.4, 0.5) is 22.0 Å². The molecule has 1 fully saturated rings. The lowest BCUT2D eigenvalue weighted by molar-refractivity contribution is 0.0694. The van der Waals surface area contributed by atoms with Crippen LogP contribution in [0.2, 0.25) is 5.15 Å². The van der Waals surface area contributed by atoms with Crippen molar-refractivity contribution in [1.29, 1.82) is 0 Å². The molecule has 0 saturated heterocycles. The molecule has 0 unspecified atom stereocenters. The van der Waals surface area contributed by atoms with E-state index in [4.69, 9.17) is 16.3 Å². The molecule has 3 aromatic heterocycles. The molecule has 35 heavy (non-hydrogen) atoms. The minimum Gasteiger partial charge on any atom is -0.389 e. The number of carbonyl (C=O) groups excluding carboxylic acids is 2. The number of halogens is 1. The Morgan fingerprint density at radius 3 is 2.60 bits per heavy atom. The molecule has 0 aliphatic heterocycles. The maximum Gasteiger partial charge on any atom is 0.418 e. The molecule has 0 radical (unpaired) electrons. The lowest BCUT2D eigenvalue weighted by Gasteiger charge is -2.18. The van der Waals surface area contributed by atoms with Crippen LogP contribution in [-0.4, -0.2) is 54.2 Å². The monoisotopic (exact) mass is 498 g/mol. The number of rotatable bonds is 8. The quantitative estimate of drug-likeness (QED) is 0.339. The molecule has 0 atom stereocenters. The lowest BCUT2D eigenvalue weighted by atomic mass is 10.1. The van der Waals surface area contributed by atoms with Gasteiger partial charge in [0.05, 0.1) is 53.0 Å². The van der Waals surface area contributed by atoms with E-state index in [1.165, 1.54) is 31.0 Å². The summed E-state index contributed by atoms with van der Waals surface area (Å²) in [5.41, 5.74) is 0.215. The number of anilines is 3. The zero-order chi connectivity index (χ0) is 25.0. The minimum atomic E-state index is -1.13. The number of pyridine rings is 1. The van der Waals surface area contributed by atoms with E-state index in [0.717, 1.165) is 12.8 Å². The number of aliphatic hydroxyl groups is 1. The highest BCUT2D eigenvalue weighted by Gasteiger charge is 2.27. The molecule has 4 rings (SSSR count). The third-order valence-corrected chi connectivity index (χ3v) is 5.01. The Morgan fingerprint density at radius 2 is 1.91 bits per heavy atom. The van der Waals surface area contributed by atoms with Crippen molar-refractivity contribution in [1.82, 2.24) is 30.2 Å². The van der Waals surface area contributed by atoms with Crippen LogP contribution in [0.5, 0.6) is 5.88 Å². The average Bonchev–Trinajstić information content (AvgIpc) is 3.65. The van der Waals surface area contributed by atoms with Crippen LogP contribution in [-0.2, 0) is 0 Å². The summed E-state index contributed by atoms with van der Waals surface area (Å²) >= 11 is 5.95. The lowest BCUT2D eigenvalue weighted by Crippen LogP contribution is -2.38. The molecule has 1 aliphatic carbocycles. The number of amides is 2. The Kier molecular flexibility index (Phi) is 7.03. The van der Waals surface area contributed by atoms with E-state index in [-0.39, 0.29) is 40.6 Å². The summed E-state index contributed by atoms with van der Waals surface area (Å²) in [6.45, 7) is 3.08. The second-order valence-corrected chi connectivity index (χ2v) is 8.92. The topological polar surface area (TPSA) is 164 Å². The Bertz CT molecular complexity index is 1230. The molecule has 4 N–H and O–H groups in total. The van der Waals surface area contributed by atoms with Gasteiger partial charge < -0.3 is 20.5 Å². The SMILES string of the molecule is CC(C)(O)CNC(=O)c1cc(Cl)ncc1NC(=O)Oc1nc(C2CC2)cnc1Nc1cncnc1. The number of aromatic nitrogens is 5. The fourth-order valence-corrected chi connectivity index (χ4v) is 3.11. The summed E-state index contributed by atoms with van der Waals surface area (Å²) < 4.78 is 5.46. The van der Waals surface area contributed by atoms with E-state index in [1.54, 1.807) is 20.0 Å². The fraction of sp³-hybridized carbons (Fsp3) is 0.318. The van der Waals surface area contributed by atoms with Crippen molar-refractivity contribution in [3.05, 3.63) is 53.6 Å². The Hall–Kier alpha value is -3.90. The largest absolute Gasteiger partial charge is 0.418 e. The number of nitrogens with one attached hydrogen (secondary N) is 3.